The van der Waals surface area contributed by atoms with E-state index in [0.29, 0.717) is 5.82 Å². The Hall–Kier alpha value is -1.97. The molecule has 1 aromatic carbocycles. The second-order valence-electron chi connectivity index (χ2n) is 2.91. The molecule has 4 nitrogen and oxygen atoms in total. The summed E-state index contributed by atoms with van der Waals surface area (Å²) in [5.41, 5.74) is 0.571. The summed E-state index contributed by atoms with van der Waals surface area (Å²) >= 11 is 0. The number of hydrogen-bond donors (Lipinski definition) is 0. The van der Waals surface area contributed by atoms with Gasteiger partial charge in [0, 0.05) is 12.6 Å². The van der Waals surface area contributed by atoms with Gasteiger partial charge in [0.1, 0.15) is 6.20 Å². The Balaban J connectivity index is 2.62. The molecule has 4 heteroatoms. The van der Waals surface area contributed by atoms with E-state index in [-0.39, 0.29) is 5.56 Å². The third-order valence-corrected chi connectivity index (χ3v) is 1.90. The lowest BCUT2D eigenvalue weighted by atomic mass is 10.2. The highest BCUT2D eigenvalue weighted by atomic mass is 16.1. The van der Waals surface area contributed by atoms with Crippen molar-refractivity contribution >= 4 is 0 Å². The van der Waals surface area contributed by atoms with E-state index in [1.165, 1.54) is 6.20 Å². The summed E-state index contributed by atoms with van der Waals surface area (Å²) in [6.45, 7) is 0. The second-order valence-corrected chi connectivity index (χ2v) is 2.91. The standard InChI is InChI=1S/C10H9N3O/c1-13-10(12-9(14)7-11-13)8-5-3-2-4-6-8/h2-7H,1H3. The lowest BCUT2D eigenvalue weighted by Crippen LogP contribution is -2.14. The van der Waals surface area contributed by atoms with Crippen LogP contribution in [0.25, 0.3) is 11.4 Å². The van der Waals surface area contributed by atoms with Crippen molar-refractivity contribution in [2.45, 2.75) is 0 Å². The Morgan fingerprint density at radius 1 is 1.21 bits per heavy atom. The van der Waals surface area contributed by atoms with Gasteiger partial charge >= 0.3 is 0 Å². The van der Waals surface area contributed by atoms with Crippen LogP contribution in [0, 0.1) is 0 Å². The Bertz CT molecular complexity index is 490. The van der Waals surface area contributed by atoms with Gasteiger partial charge in [-0.2, -0.15) is 10.1 Å². The van der Waals surface area contributed by atoms with Gasteiger partial charge in [0.2, 0.25) is 0 Å². The third kappa shape index (κ3) is 1.54. The van der Waals surface area contributed by atoms with Gasteiger partial charge in [-0.1, -0.05) is 30.3 Å². The van der Waals surface area contributed by atoms with Crippen molar-refractivity contribution < 1.29 is 0 Å². The highest BCUT2D eigenvalue weighted by Gasteiger charge is 2.02. The van der Waals surface area contributed by atoms with Crippen molar-refractivity contribution in [3.05, 3.63) is 46.9 Å². The van der Waals surface area contributed by atoms with Crippen LogP contribution in [0.3, 0.4) is 0 Å². The molecule has 0 unspecified atom stereocenters. The molecule has 1 aromatic heterocycles. The SMILES string of the molecule is Cn1ncc(=O)nc1-c1ccccc1. The van der Waals surface area contributed by atoms with E-state index in [4.69, 9.17) is 0 Å². The van der Waals surface area contributed by atoms with Crippen LogP contribution in [0.15, 0.2) is 41.3 Å². The molecule has 0 N–H and O–H groups in total. The maximum atomic E-state index is 11.0. The molecule has 0 aliphatic heterocycles. The molecule has 0 saturated heterocycles. The molecule has 0 radical (unpaired) electrons. The Kier molecular flexibility index (Phi) is 2.10. The first-order valence-corrected chi connectivity index (χ1v) is 4.23. The number of hydrogen-bond acceptors (Lipinski definition) is 3. The maximum Gasteiger partial charge on any atom is 0.291 e. The van der Waals surface area contributed by atoms with Crippen molar-refractivity contribution in [3.63, 3.8) is 0 Å². The topological polar surface area (TPSA) is 47.8 Å². The Morgan fingerprint density at radius 2 is 1.93 bits per heavy atom. The summed E-state index contributed by atoms with van der Waals surface area (Å²) < 4.78 is 1.58. The second kappa shape index (κ2) is 3.41. The first kappa shape index (κ1) is 8.62. The lowest BCUT2D eigenvalue weighted by Gasteiger charge is -2.04. The zero-order chi connectivity index (χ0) is 9.97. The average Bonchev–Trinajstić information content (AvgIpc) is 2.23. The van der Waals surface area contributed by atoms with Crippen molar-refractivity contribution in [1.29, 1.82) is 0 Å². The first-order valence-electron chi connectivity index (χ1n) is 4.23. The molecule has 0 aliphatic carbocycles. The zero-order valence-electron chi connectivity index (χ0n) is 7.71. The summed E-state index contributed by atoms with van der Waals surface area (Å²) in [7, 11) is 1.76. The van der Waals surface area contributed by atoms with Crippen LogP contribution in [0.5, 0.6) is 0 Å². The minimum atomic E-state index is -0.318. The molecule has 0 saturated carbocycles. The summed E-state index contributed by atoms with van der Waals surface area (Å²) in [5, 5.41) is 3.90. The normalized spacial score (nSPS) is 10.1. The van der Waals surface area contributed by atoms with Gasteiger partial charge in [-0.3, -0.25) is 9.48 Å². The van der Waals surface area contributed by atoms with Crippen LogP contribution in [0.4, 0.5) is 0 Å². The molecule has 2 aromatic rings. The molecule has 2 rings (SSSR count). The average molecular weight is 187 g/mol. The number of nitrogens with zero attached hydrogens (tertiary/aromatic N) is 3. The summed E-state index contributed by atoms with van der Waals surface area (Å²) in [6, 6.07) is 9.49. The number of benzene rings is 1. The van der Waals surface area contributed by atoms with E-state index < -0.39 is 0 Å². The molecule has 0 bridgehead atoms. The quantitative estimate of drug-likeness (QED) is 0.664. The van der Waals surface area contributed by atoms with E-state index in [1.807, 2.05) is 30.3 Å². The van der Waals surface area contributed by atoms with E-state index in [2.05, 4.69) is 10.1 Å². The lowest BCUT2D eigenvalue weighted by molar-refractivity contribution is 0.716. The fraction of sp³-hybridized carbons (Fsp3) is 0.100. The highest BCUT2D eigenvalue weighted by Crippen LogP contribution is 2.12. The predicted octanol–water partition coefficient (Wildman–Crippen LogP) is 0.842. The van der Waals surface area contributed by atoms with E-state index >= 15 is 0 Å². The van der Waals surface area contributed by atoms with Crippen LogP contribution in [0.1, 0.15) is 0 Å². The smallest absolute Gasteiger partial charge is 0.266 e. The number of aryl methyl sites for hydroxylation is 1. The van der Waals surface area contributed by atoms with E-state index in [0.717, 1.165) is 5.56 Å². The van der Waals surface area contributed by atoms with Crippen molar-refractivity contribution in [2.24, 2.45) is 7.05 Å². The molecular formula is C10H9N3O. The third-order valence-electron chi connectivity index (χ3n) is 1.90. The van der Waals surface area contributed by atoms with Crippen LogP contribution in [-0.4, -0.2) is 14.8 Å². The molecule has 0 spiro atoms. The minimum absolute atomic E-state index is 0.318. The van der Waals surface area contributed by atoms with Crippen LogP contribution in [-0.2, 0) is 7.05 Å². The largest absolute Gasteiger partial charge is 0.291 e. The number of aromatic nitrogens is 3. The molecule has 1 heterocycles. The van der Waals surface area contributed by atoms with Crippen molar-refractivity contribution in [1.82, 2.24) is 14.8 Å². The van der Waals surface area contributed by atoms with Gasteiger partial charge in [-0.05, 0) is 0 Å². The van der Waals surface area contributed by atoms with Gasteiger partial charge in [0.25, 0.3) is 5.56 Å². The molecule has 0 amide bonds. The number of rotatable bonds is 1. The molecule has 0 atom stereocenters. The fourth-order valence-electron chi connectivity index (χ4n) is 1.23. The monoisotopic (exact) mass is 187 g/mol. The van der Waals surface area contributed by atoms with Crippen LogP contribution >= 0.6 is 0 Å². The summed E-state index contributed by atoms with van der Waals surface area (Å²) in [6.07, 6.45) is 1.20. The van der Waals surface area contributed by atoms with Gasteiger partial charge in [0.05, 0.1) is 0 Å². The minimum Gasteiger partial charge on any atom is -0.266 e. The predicted molar refractivity (Wildman–Crippen MR) is 52.7 cm³/mol. The van der Waals surface area contributed by atoms with Crippen molar-refractivity contribution in [2.75, 3.05) is 0 Å². The van der Waals surface area contributed by atoms with Gasteiger partial charge in [0.15, 0.2) is 5.82 Å². The first-order chi connectivity index (χ1) is 6.77. The van der Waals surface area contributed by atoms with Gasteiger partial charge < -0.3 is 0 Å². The molecule has 0 fully saturated rings. The fourth-order valence-corrected chi connectivity index (χ4v) is 1.23. The van der Waals surface area contributed by atoms with Crippen molar-refractivity contribution in [3.8, 4) is 11.4 Å². The Labute approximate surface area is 80.9 Å². The molecule has 70 valence electrons. The zero-order valence-corrected chi connectivity index (χ0v) is 7.71. The summed E-state index contributed by atoms with van der Waals surface area (Å²) in [5.74, 6) is 0.582. The van der Waals surface area contributed by atoms with E-state index in [9.17, 15) is 4.79 Å². The van der Waals surface area contributed by atoms with Gasteiger partial charge in [-0.15, -0.1) is 0 Å². The van der Waals surface area contributed by atoms with Crippen LogP contribution < -0.4 is 5.56 Å². The summed E-state index contributed by atoms with van der Waals surface area (Å²) in [4.78, 5) is 14.9. The maximum absolute atomic E-state index is 11.0. The van der Waals surface area contributed by atoms with Crippen LogP contribution in [0.2, 0.25) is 0 Å². The molecule has 14 heavy (non-hydrogen) atoms. The Morgan fingerprint density at radius 3 is 2.64 bits per heavy atom. The highest BCUT2D eigenvalue weighted by molar-refractivity contribution is 5.53. The van der Waals surface area contributed by atoms with E-state index in [1.54, 1.807) is 11.7 Å². The molecular weight excluding hydrogens is 178 g/mol. The molecule has 0 aliphatic rings. The van der Waals surface area contributed by atoms with Gasteiger partial charge in [-0.25, -0.2) is 0 Å².